The third kappa shape index (κ3) is 4.40. The number of ether oxygens (including phenoxy) is 1. The van der Waals surface area contributed by atoms with Crippen LogP contribution in [0.2, 0.25) is 0 Å². The van der Waals surface area contributed by atoms with Crippen molar-refractivity contribution in [1.82, 2.24) is 9.80 Å². The standard InChI is InChI=1S/C24H25FN2O2/c1-29-23-16-20-6-3-2-5-19(20)15-22(23)24(28)27-12-4-11-26(13-14-27)17-18-7-9-21(25)10-8-18/h2-3,5-10,15-16H,4,11-14,17H2,1H3. The second-order valence-electron chi connectivity index (χ2n) is 7.45. The minimum Gasteiger partial charge on any atom is -0.496 e. The van der Waals surface area contributed by atoms with Gasteiger partial charge in [0.25, 0.3) is 5.91 Å². The van der Waals surface area contributed by atoms with Gasteiger partial charge in [-0.15, -0.1) is 0 Å². The van der Waals surface area contributed by atoms with E-state index in [1.165, 1.54) is 12.1 Å². The van der Waals surface area contributed by atoms with Crippen LogP contribution in [0.5, 0.6) is 5.75 Å². The van der Waals surface area contributed by atoms with E-state index in [-0.39, 0.29) is 11.7 Å². The lowest BCUT2D eigenvalue weighted by Crippen LogP contribution is -2.35. The predicted octanol–water partition coefficient (Wildman–Crippen LogP) is 4.34. The number of carbonyl (C=O) groups excluding carboxylic acids is 1. The van der Waals surface area contributed by atoms with Gasteiger partial charge in [-0.2, -0.15) is 0 Å². The molecular weight excluding hydrogens is 367 g/mol. The molecule has 0 radical (unpaired) electrons. The van der Waals surface area contributed by atoms with Gasteiger partial charge in [0.2, 0.25) is 0 Å². The number of fused-ring (bicyclic) bond motifs is 1. The van der Waals surface area contributed by atoms with Crippen molar-refractivity contribution in [1.29, 1.82) is 0 Å². The molecule has 1 amide bonds. The number of rotatable bonds is 4. The smallest absolute Gasteiger partial charge is 0.257 e. The molecule has 0 atom stereocenters. The number of carbonyl (C=O) groups is 1. The van der Waals surface area contributed by atoms with Gasteiger partial charge in [0, 0.05) is 32.7 Å². The number of hydrogen-bond donors (Lipinski definition) is 0. The fraction of sp³-hybridized carbons (Fsp3) is 0.292. The maximum Gasteiger partial charge on any atom is 0.257 e. The Bertz CT molecular complexity index is 1000. The Hall–Kier alpha value is -2.92. The van der Waals surface area contributed by atoms with Gasteiger partial charge >= 0.3 is 0 Å². The van der Waals surface area contributed by atoms with Crippen molar-refractivity contribution in [3.05, 3.63) is 77.6 Å². The molecule has 0 unspecified atom stereocenters. The van der Waals surface area contributed by atoms with Crippen LogP contribution in [0.15, 0.2) is 60.7 Å². The molecule has 0 spiro atoms. The van der Waals surface area contributed by atoms with Crippen LogP contribution in [0.1, 0.15) is 22.3 Å². The number of halogens is 1. The first kappa shape index (κ1) is 19.4. The fourth-order valence-electron chi connectivity index (χ4n) is 3.91. The summed E-state index contributed by atoms with van der Waals surface area (Å²) in [5.74, 6) is 0.406. The molecule has 29 heavy (non-hydrogen) atoms. The van der Waals surface area contributed by atoms with E-state index in [4.69, 9.17) is 4.74 Å². The molecule has 1 aliphatic heterocycles. The zero-order valence-electron chi connectivity index (χ0n) is 16.6. The highest BCUT2D eigenvalue weighted by Gasteiger charge is 2.23. The van der Waals surface area contributed by atoms with Gasteiger partial charge in [0.05, 0.1) is 12.7 Å². The van der Waals surface area contributed by atoms with Gasteiger partial charge in [-0.05, 0) is 47.0 Å². The van der Waals surface area contributed by atoms with Crippen molar-refractivity contribution >= 4 is 16.7 Å². The maximum atomic E-state index is 13.3. The van der Waals surface area contributed by atoms with E-state index >= 15 is 0 Å². The SMILES string of the molecule is COc1cc2ccccc2cc1C(=O)N1CCCN(Cc2ccc(F)cc2)CC1. The van der Waals surface area contributed by atoms with Crippen LogP contribution in [0.4, 0.5) is 4.39 Å². The van der Waals surface area contributed by atoms with Gasteiger partial charge in [0.15, 0.2) is 0 Å². The van der Waals surface area contributed by atoms with Crippen LogP contribution >= 0.6 is 0 Å². The fourth-order valence-corrected chi connectivity index (χ4v) is 3.91. The zero-order valence-corrected chi connectivity index (χ0v) is 16.6. The monoisotopic (exact) mass is 392 g/mol. The molecule has 0 aliphatic carbocycles. The summed E-state index contributed by atoms with van der Waals surface area (Å²) in [4.78, 5) is 17.5. The van der Waals surface area contributed by atoms with Gasteiger partial charge in [-0.1, -0.05) is 36.4 Å². The molecule has 0 saturated carbocycles. The lowest BCUT2D eigenvalue weighted by molar-refractivity contribution is 0.0758. The number of methoxy groups -OCH3 is 1. The molecule has 4 rings (SSSR count). The molecule has 150 valence electrons. The van der Waals surface area contributed by atoms with E-state index in [9.17, 15) is 9.18 Å². The highest BCUT2D eigenvalue weighted by molar-refractivity contribution is 6.01. The summed E-state index contributed by atoms with van der Waals surface area (Å²) in [6, 6.07) is 18.5. The summed E-state index contributed by atoms with van der Waals surface area (Å²) in [5.41, 5.74) is 1.69. The zero-order chi connectivity index (χ0) is 20.2. The van der Waals surface area contributed by atoms with Crippen molar-refractivity contribution < 1.29 is 13.9 Å². The molecule has 4 nitrogen and oxygen atoms in total. The van der Waals surface area contributed by atoms with Gasteiger partial charge in [-0.3, -0.25) is 9.69 Å². The minimum atomic E-state index is -0.217. The van der Waals surface area contributed by atoms with E-state index in [1.54, 1.807) is 7.11 Å². The average Bonchev–Trinajstić information content (AvgIpc) is 2.99. The Morgan fingerprint density at radius 1 is 0.966 bits per heavy atom. The van der Waals surface area contributed by atoms with E-state index in [0.717, 1.165) is 42.4 Å². The highest BCUT2D eigenvalue weighted by atomic mass is 19.1. The predicted molar refractivity (Wildman–Crippen MR) is 113 cm³/mol. The molecule has 1 aliphatic rings. The van der Waals surface area contributed by atoms with Crippen molar-refractivity contribution in [2.24, 2.45) is 0 Å². The van der Waals surface area contributed by atoms with Crippen molar-refractivity contribution in [3.8, 4) is 5.75 Å². The summed E-state index contributed by atoms with van der Waals surface area (Å²) in [6.45, 7) is 3.85. The Kier molecular flexibility index (Phi) is 5.76. The molecule has 5 heteroatoms. The lowest BCUT2D eigenvalue weighted by atomic mass is 10.0. The third-order valence-corrected chi connectivity index (χ3v) is 5.49. The number of amides is 1. The quantitative estimate of drug-likeness (QED) is 0.662. The molecule has 1 fully saturated rings. The van der Waals surface area contributed by atoms with Crippen molar-refractivity contribution in [2.45, 2.75) is 13.0 Å². The second kappa shape index (κ2) is 8.62. The largest absolute Gasteiger partial charge is 0.496 e. The summed E-state index contributed by atoms with van der Waals surface area (Å²) in [6.07, 6.45) is 0.906. The third-order valence-electron chi connectivity index (χ3n) is 5.49. The van der Waals surface area contributed by atoms with Crippen LogP contribution < -0.4 is 4.74 Å². The van der Waals surface area contributed by atoms with E-state index < -0.39 is 0 Å². The lowest BCUT2D eigenvalue weighted by Gasteiger charge is -2.23. The van der Waals surface area contributed by atoms with Crippen LogP contribution in [-0.2, 0) is 6.54 Å². The molecular formula is C24H25FN2O2. The Morgan fingerprint density at radius 3 is 2.41 bits per heavy atom. The Balaban J connectivity index is 1.48. The first-order valence-corrected chi connectivity index (χ1v) is 9.97. The number of benzene rings is 3. The summed E-state index contributed by atoms with van der Waals surface area (Å²) < 4.78 is 18.6. The Labute approximate surface area is 170 Å². The second-order valence-corrected chi connectivity index (χ2v) is 7.45. The summed E-state index contributed by atoms with van der Waals surface area (Å²) in [7, 11) is 1.60. The molecule has 1 heterocycles. The van der Waals surface area contributed by atoms with Gasteiger partial charge in [0.1, 0.15) is 11.6 Å². The molecule has 1 saturated heterocycles. The van der Waals surface area contributed by atoms with Crippen LogP contribution in [0.25, 0.3) is 10.8 Å². The van der Waals surface area contributed by atoms with Crippen molar-refractivity contribution in [3.63, 3.8) is 0 Å². The van der Waals surface area contributed by atoms with Crippen LogP contribution in [-0.4, -0.2) is 49.0 Å². The molecule has 0 bridgehead atoms. The normalized spacial score (nSPS) is 15.3. The summed E-state index contributed by atoms with van der Waals surface area (Å²) in [5, 5.41) is 2.09. The van der Waals surface area contributed by atoms with Crippen LogP contribution in [0, 0.1) is 5.82 Å². The molecule has 0 N–H and O–H groups in total. The number of nitrogens with zero attached hydrogens (tertiary/aromatic N) is 2. The van der Waals surface area contributed by atoms with Gasteiger partial charge in [-0.25, -0.2) is 4.39 Å². The van der Waals surface area contributed by atoms with Crippen molar-refractivity contribution in [2.75, 3.05) is 33.3 Å². The first-order chi connectivity index (χ1) is 14.1. The highest BCUT2D eigenvalue weighted by Crippen LogP contribution is 2.27. The molecule has 3 aromatic rings. The average molecular weight is 392 g/mol. The Morgan fingerprint density at radius 2 is 1.69 bits per heavy atom. The van der Waals surface area contributed by atoms with E-state index in [1.807, 2.05) is 53.4 Å². The molecule has 3 aromatic carbocycles. The van der Waals surface area contributed by atoms with E-state index in [0.29, 0.717) is 24.4 Å². The number of hydrogen-bond acceptors (Lipinski definition) is 3. The first-order valence-electron chi connectivity index (χ1n) is 9.97. The topological polar surface area (TPSA) is 32.8 Å². The summed E-state index contributed by atoms with van der Waals surface area (Å²) >= 11 is 0. The molecule has 0 aromatic heterocycles. The van der Waals surface area contributed by atoms with Crippen LogP contribution in [0.3, 0.4) is 0 Å². The van der Waals surface area contributed by atoms with Gasteiger partial charge < -0.3 is 9.64 Å². The minimum absolute atomic E-state index is 0.0104. The maximum absolute atomic E-state index is 13.3. The van der Waals surface area contributed by atoms with E-state index in [2.05, 4.69) is 4.90 Å².